The maximum Gasteiger partial charge on any atom is 0.0513 e. The number of nitrogens with zero attached hydrogens (tertiary/aromatic N) is 3. The SMILES string of the molecule is CN1CCN(Sc2cccc3c(C4CC4)nccc23)CC1. The minimum Gasteiger partial charge on any atom is -0.304 e. The van der Waals surface area contributed by atoms with E-state index in [1.165, 1.54) is 34.2 Å². The molecule has 1 saturated carbocycles. The van der Waals surface area contributed by atoms with E-state index in [2.05, 4.69) is 45.5 Å². The van der Waals surface area contributed by atoms with Crippen LogP contribution in [0.1, 0.15) is 24.5 Å². The first-order valence-electron chi connectivity index (χ1n) is 7.80. The standard InChI is InChI=1S/C17H21N3S/c1-19-9-11-20(12-10-19)21-16-4-2-3-15-14(16)7-8-18-17(15)13-5-6-13/h2-4,7-8,13H,5-6,9-12H2,1H3. The molecule has 2 aliphatic rings. The molecule has 1 saturated heterocycles. The van der Waals surface area contributed by atoms with Crippen molar-refractivity contribution in [1.82, 2.24) is 14.2 Å². The van der Waals surface area contributed by atoms with Gasteiger partial charge in [0.05, 0.1) is 5.69 Å². The van der Waals surface area contributed by atoms with Gasteiger partial charge in [-0.1, -0.05) is 12.1 Å². The molecule has 0 N–H and O–H groups in total. The minimum atomic E-state index is 0.706. The highest BCUT2D eigenvalue weighted by atomic mass is 32.2. The van der Waals surface area contributed by atoms with E-state index in [9.17, 15) is 0 Å². The molecule has 4 rings (SSSR count). The Morgan fingerprint density at radius 3 is 2.62 bits per heavy atom. The van der Waals surface area contributed by atoms with Gasteiger partial charge in [-0.05, 0) is 49.4 Å². The number of pyridine rings is 1. The molecule has 4 heteroatoms. The molecule has 2 heterocycles. The van der Waals surface area contributed by atoms with Crippen molar-refractivity contribution in [3.63, 3.8) is 0 Å². The van der Waals surface area contributed by atoms with Crippen molar-refractivity contribution in [1.29, 1.82) is 0 Å². The Morgan fingerprint density at radius 1 is 1.05 bits per heavy atom. The van der Waals surface area contributed by atoms with E-state index in [-0.39, 0.29) is 0 Å². The molecule has 0 radical (unpaired) electrons. The van der Waals surface area contributed by atoms with Gasteiger partial charge >= 0.3 is 0 Å². The summed E-state index contributed by atoms with van der Waals surface area (Å²) in [6.45, 7) is 4.59. The van der Waals surface area contributed by atoms with Gasteiger partial charge in [0.25, 0.3) is 0 Å². The third-order valence-electron chi connectivity index (χ3n) is 4.45. The van der Waals surface area contributed by atoms with Crippen molar-refractivity contribution in [2.75, 3.05) is 33.2 Å². The second kappa shape index (κ2) is 5.59. The molecular formula is C17H21N3S. The average Bonchev–Trinajstić information content (AvgIpc) is 3.34. The highest BCUT2D eigenvalue weighted by Crippen LogP contribution is 2.43. The largest absolute Gasteiger partial charge is 0.304 e. The smallest absolute Gasteiger partial charge is 0.0513 e. The average molecular weight is 299 g/mol. The molecule has 21 heavy (non-hydrogen) atoms. The molecule has 0 unspecified atom stereocenters. The van der Waals surface area contributed by atoms with Gasteiger partial charge in [0.15, 0.2) is 0 Å². The maximum atomic E-state index is 4.64. The molecule has 0 atom stereocenters. The number of piperazine rings is 1. The van der Waals surface area contributed by atoms with Crippen LogP contribution in [0.2, 0.25) is 0 Å². The van der Waals surface area contributed by atoms with Crippen LogP contribution in [0.25, 0.3) is 10.8 Å². The summed E-state index contributed by atoms with van der Waals surface area (Å²) >= 11 is 1.92. The minimum absolute atomic E-state index is 0.706. The van der Waals surface area contributed by atoms with E-state index >= 15 is 0 Å². The summed E-state index contributed by atoms with van der Waals surface area (Å²) in [5.74, 6) is 0.706. The molecule has 0 amide bonds. The molecule has 1 aliphatic heterocycles. The van der Waals surface area contributed by atoms with Gasteiger partial charge in [-0.25, -0.2) is 4.31 Å². The summed E-state index contributed by atoms with van der Waals surface area (Å²) in [5.41, 5.74) is 1.31. The summed E-state index contributed by atoms with van der Waals surface area (Å²) < 4.78 is 2.49. The molecule has 1 aliphatic carbocycles. The molecule has 1 aromatic heterocycles. The first kappa shape index (κ1) is 13.6. The number of aromatic nitrogens is 1. The lowest BCUT2D eigenvalue weighted by Gasteiger charge is -2.31. The van der Waals surface area contributed by atoms with E-state index in [0.29, 0.717) is 5.92 Å². The molecule has 0 bridgehead atoms. The van der Waals surface area contributed by atoms with Crippen molar-refractivity contribution >= 4 is 22.7 Å². The Kier molecular flexibility index (Phi) is 3.61. The first-order valence-corrected chi connectivity index (χ1v) is 8.58. The molecule has 1 aromatic carbocycles. The summed E-state index contributed by atoms with van der Waals surface area (Å²) in [4.78, 5) is 8.41. The van der Waals surface area contributed by atoms with Gasteiger partial charge in [-0.2, -0.15) is 0 Å². The predicted molar refractivity (Wildman–Crippen MR) is 88.6 cm³/mol. The van der Waals surface area contributed by atoms with Gasteiger partial charge in [0, 0.05) is 48.6 Å². The monoisotopic (exact) mass is 299 g/mol. The van der Waals surface area contributed by atoms with Crippen LogP contribution in [0, 0.1) is 0 Å². The number of benzene rings is 1. The predicted octanol–water partition coefficient (Wildman–Crippen LogP) is 3.37. The first-order chi connectivity index (χ1) is 10.3. The lowest BCUT2D eigenvalue weighted by Crippen LogP contribution is -2.40. The normalized spacial score (nSPS) is 21.0. The second-order valence-electron chi connectivity index (χ2n) is 6.15. The van der Waals surface area contributed by atoms with Crippen LogP contribution in [0.15, 0.2) is 35.4 Å². The summed E-state index contributed by atoms with van der Waals surface area (Å²) in [6, 6.07) is 8.86. The van der Waals surface area contributed by atoms with E-state index in [1.807, 2.05) is 18.1 Å². The highest BCUT2D eigenvalue weighted by molar-refractivity contribution is 7.97. The molecular weight excluding hydrogens is 278 g/mol. The lowest BCUT2D eigenvalue weighted by molar-refractivity contribution is 0.233. The van der Waals surface area contributed by atoms with Crippen LogP contribution < -0.4 is 0 Å². The van der Waals surface area contributed by atoms with Crippen LogP contribution >= 0.6 is 11.9 Å². The van der Waals surface area contributed by atoms with E-state index in [0.717, 1.165) is 26.2 Å². The van der Waals surface area contributed by atoms with E-state index in [1.54, 1.807) is 0 Å². The highest BCUT2D eigenvalue weighted by Gasteiger charge is 2.27. The van der Waals surface area contributed by atoms with Gasteiger partial charge in [0.2, 0.25) is 0 Å². The van der Waals surface area contributed by atoms with Crippen LogP contribution in [0.5, 0.6) is 0 Å². The molecule has 2 aromatic rings. The van der Waals surface area contributed by atoms with Crippen LogP contribution in [0.4, 0.5) is 0 Å². The van der Waals surface area contributed by atoms with Gasteiger partial charge < -0.3 is 4.90 Å². The number of hydrogen-bond donors (Lipinski definition) is 0. The fraction of sp³-hybridized carbons (Fsp3) is 0.471. The zero-order chi connectivity index (χ0) is 14.2. The lowest BCUT2D eigenvalue weighted by atomic mass is 10.1. The molecule has 3 nitrogen and oxygen atoms in total. The van der Waals surface area contributed by atoms with Crippen LogP contribution in [-0.4, -0.2) is 47.4 Å². The number of fused-ring (bicyclic) bond motifs is 1. The Hall–Kier alpha value is -1.10. The van der Waals surface area contributed by atoms with Gasteiger partial charge in [-0.3, -0.25) is 4.98 Å². The Morgan fingerprint density at radius 2 is 1.86 bits per heavy atom. The fourth-order valence-corrected chi connectivity index (χ4v) is 4.02. The molecule has 2 fully saturated rings. The molecule has 0 spiro atoms. The summed E-state index contributed by atoms with van der Waals surface area (Å²) in [6.07, 6.45) is 4.61. The van der Waals surface area contributed by atoms with Gasteiger partial charge in [0.1, 0.15) is 0 Å². The number of rotatable bonds is 3. The summed E-state index contributed by atoms with van der Waals surface area (Å²) in [7, 11) is 2.20. The third kappa shape index (κ3) is 2.80. The Bertz CT molecular complexity index is 646. The second-order valence-corrected chi connectivity index (χ2v) is 7.28. The van der Waals surface area contributed by atoms with Crippen molar-refractivity contribution in [2.24, 2.45) is 0 Å². The zero-order valence-electron chi connectivity index (χ0n) is 12.5. The van der Waals surface area contributed by atoms with E-state index < -0.39 is 0 Å². The van der Waals surface area contributed by atoms with Crippen LogP contribution in [0.3, 0.4) is 0 Å². The number of likely N-dealkylation sites (N-methyl/N-ethyl adjacent to an activating group) is 1. The Labute approximate surface area is 130 Å². The van der Waals surface area contributed by atoms with Crippen molar-refractivity contribution in [3.05, 3.63) is 36.2 Å². The quantitative estimate of drug-likeness (QED) is 0.809. The van der Waals surface area contributed by atoms with Crippen molar-refractivity contribution in [3.8, 4) is 0 Å². The van der Waals surface area contributed by atoms with E-state index in [4.69, 9.17) is 0 Å². The Balaban J connectivity index is 1.64. The topological polar surface area (TPSA) is 19.4 Å². The zero-order valence-corrected chi connectivity index (χ0v) is 13.3. The summed E-state index contributed by atoms with van der Waals surface area (Å²) in [5, 5.41) is 2.73. The van der Waals surface area contributed by atoms with Gasteiger partial charge in [-0.15, -0.1) is 0 Å². The fourth-order valence-electron chi connectivity index (χ4n) is 2.98. The third-order valence-corrected chi connectivity index (χ3v) is 5.63. The van der Waals surface area contributed by atoms with Crippen molar-refractivity contribution < 1.29 is 0 Å². The maximum absolute atomic E-state index is 4.64. The molecule has 110 valence electrons. The van der Waals surface area contributed by atoms with Crippen LogP contribution in [-0.2, 0) is 0 Å². The van der Waals surface area contributed by atoms with Crippen molar-refractivity contribution in [2.45, 2.75) is 23.7 Å². The number of hydrogen-bond acceptors (Lipinski definition) is 4.